The summed E-state index contributed by atoms with van der Waals surface area (Å²) < 4.78 is 10.7. The second kappa shape index (κ2) is 11.8. The van der Waals surface area contributed by atoms with Gasteiger partial charge < -0.3 is 25.0 Å². The van der Waals surface area contributed by atoms with Gasteiger partial charge in [-0.25, -0.2) is 0 Å². The van der Waals surface area contributed by atoms with Gasteiger partial charge in [0.1, 0.15) is 5.75 Å². The van der Waals surface area contributed by atoms with Crippen molar-refractivity contribution >= 4 is 35.6 Å². The van der Waals surface area contributed by atoms with Crippen LogP contribution in [0, 0.1) is 11.3 Å². The van der Waals surface area contributed by atoms with Crippen molar-refractivity contribution in [2.24, 2.45) is 16.3 Å². The zero-order valence-corrected chi connectivity index (χ0v) is 20.4. The van der Waals surface area contributed by atoms with Gasteiger partial charge in [-0.1, -0.05) is 12.5 Å². The lowest BCUT2D eigenvalue weighted by atomic mass is 9.67. The number of nitrogens with zero attached hydrogens (tertiary/aromatic N) is 2. The second-order valence-corrected chi connectivity index (χ2v) is 8.21. The Labute approximate surface area is 192 Å². The third kappa shape index (κ3) is 6.64. The van der Waals surface area contributed by atoms with Gasteiger partial charge in [0.15, 0.2) is 5.96 Å². The van der Waals surface area contributed by atoms with E-state index in [1.807, 2.05) is 13.1 Å². The van der Waals surface area contributed by atoms with Gasteiger partial charge in [-0.15, -0.1) is 24.0 Å². The molecule has 0 radical (unpaired) electrons. The molecule has 1 aliphatic carbocycles. The van der Waals surface area contributed by atoms with E-state index in [4.69, 9.17) is 9.47 Å². The molecule has 1 aromatic carbocycles. The molecule has 1 saturated carbocycles. The first kappa shape index (κ1) is 24.1. The molecule has 6 nitrogen and oxygen atoms in total. The zero-order valence-electron chi connectivity index (χ0n) is 18.1. The molecule has 1 atom stereocenters. The Hall–Kier alpha value is -1.22. The van der Waals surface area contributed by atoms with Crippen molar-refractivity contribution in [1.29, 1.82) is 0 Å². The van der Waals surface area contributed by atoms with Crippen LogP contribution in [0.15, 0.2) is 29.3 Å². The van der Waals surface area contributed by atoms with Crippen LogP contribution in [0.1, 0.15) is 32.1 Å². The van der Waals surface area contributed by atoms with Crippen molar-refractivity contribution in [1.82, 2.24) is 10.6 Å². The van der Waals surface area contributed by atoms with E-state index in [1.165, 1.54) is 31.4 Å². The van der Waals surface area contributed by atoms with Crippen LogP contribution in [0.3, 0.4) is 0 Å². The molecule has 1 aliphatic heterocycles. The maximum absolute atomic E-state index is 5.36. The first-order valence-electron chi connectivity index (χ1n) is 10.5. The molecule has 7 heteroatoms. The highest BCUT2D eigenvalue weighted by atomic mass is 127. The number of nitrogens with one attached hydrogen (secondary N) is 2. The number of rotatable bonds is 9. The van der Waals surface area contributed by atoms with Crippen molar-refractivity contribution in [2.45, 2.75) is 32.1 Å². The van der Waals surface area contributed by atoms with Gasteiger partial charge in [-0.2, -0.15) is 0 Å². The predicted octanol–water partition coefficient (Wildman–Crippen LogP) is 3.51. The van der Waals surface area contributed by atoms with Crippen molar-refractivity contribution in [3.05, 3.63) is 24.3 Å². The van der Waals surface area contributed by atoms with Gasteiger partial charge in [0, 0.05) is 58.7 Å². The van der Waals surface area contributed by atoms with E-state index >= 15 is 0 Å². The quantitative estimate of drug-likeness (QED) is 0.299. The molecule has 0 amide bonds. The molecule has 2 N–H and O–H groups in total. The average molecular weight is 516 g/mol. The minimum atomic E-state index is 0. The number of benzene rings is 1. The largest absolute Gasteiger partial charge is 0.497 e. The topological polar surface area (TPSA) is 58.1 Å². The fourth-order valence-corrected chi connectivity index (χ4v) is 4.28. The Morgan fingerprint density at radius 1 is 1.28 bits per heavy atom. The molecule has 0 aromatic heterocycles. The molecule has 164 valence electrons. The van der Waals surface area contributed by atoms with E-state index in [-0.39, 0.29) is 24.0 Å². The van der Waals surface area contributed by atoms with E-state index in [2.05, 4.69) is 38.7 Å². The fraction of sp³-hybridized carbons (Fsp3) is 0.682. The number of aliphatic imine (C=N–C) groups is 1. The first-order chi connectivity index (χ1) is 13.7. The Morgan fingerprint density at radius 3 is 2.76 bits per heavy atom. The molecule has 0 bridgehead atoms. The number of guanidine groups is 1. The normalized spacial score (nSPS) is 20.6. The standard InChI is InChI=1S/C22H36N4O2.HI/c1-23-21(25-17-22(9-5-10-22)11-13-27-2)24-15-18-8-12-26(16-18)19-6-4-7-20(14-19)28-3;/h4,6-7,14,18H,5,8-13,15-17H2,1-3H3,(H2,23,24,25);1H. The fourth-order valence-electron chi connectivity index (χ4n) is 4.28. The molecule has 3 rings (SSSR count). The molecule has 2 fully saturated rings. The van der Waals surface area contributed by atoms with Crippen LogP contribution in [0.4, 0.5) is 5.69 Å². The lowest BCUT2D eigenvalue weighted by molar-refractivity contribution is 0.0732. The number of halogens is 1. The van der Waals surface area contributed by atoms with Gasteiger partial charge in [0.05, 0.1) is 7.11 Å². The summed E-state index contributed by atoms with van der Waals surface area (Å²) in [6.45, 7) is 4.93. The molecule has 1 heterocycles. The van der Waals surface area contributed by atoms with Crippen molar-refractivity contribution in [2.75, 3.05) is 59.0 Å². The number of ether oxygens (including phenoxy) is 2. The van der Waals surface area contributed by atoms with Crippen LogP contribution in [0.25, 0.3) is 0 Å². The SMILES string of the molecule is CN=C(NCC1CCN(c2cccc(OC)c2)C1)NCC1(CCOC)CCC1.I. The number of anilines is 1. The molecular formula is C22H37IN4O2. The summed E-state index contributed by atoms with van der Waals surface area (Å²) in [5, 5.41) is 7.10. The Morgan fingerprint density at radius 2 is 2.10 bits per heavy atom. The highest BCUT2D eigenvalue weighted by Crippen LogP contribution is 2.43. The predicted molar refractivity (Wildman–Crippen MR) is 131 cm³/mol. The van der Waals surface area contributed by atoms with E-state index < -0.39 is 0 Å². The van der Waals surface area contributed by atoms with Gasteiger partial charge in [-0.05, 0) is 49.1 Å². The number of hydrogen-bond donors (Lipinski definition) is 2. The van der Waals surface area contributed by atoms with Crippen LogP contribution in [-0.2, 0) is 4.74 Å². The maximum Gasteiger partial charge on any atom is 0.191 e. The highest BCUT2D eigenvalue weighted by molar-refractivity contribution is 14.0. The number of methoxy groups -OCH3 is 2. The van der Waals surface area contributed by atoms with Gasteiger partial charge in [0.2, 0.25) is 0 Å². The van der Waals surface area contributed by atoms with Crippen molar-refractivity contribution in [3.8, 4) is 5.75 Å². The Bertz CT molecular complexity index is 651. The highest BCUT2D eigenvalue weighted by Gasteiger charge is 2.36. The third-order valence-electron chi connectivity index (χ3n) is 6.37. The smallest absolute Gasteiger partial charge is 0.191 e. The summed E-state index contributed by atoms with van der Waals surface area (Å²) in [4.78, 5) is 6.87. The summed E-state index contributed by atoms with van der Waals surface area (Å²) in [6.07, 6.45) is 6.24. The number of hydrogen-bond acceptors (Lipinski definition) is 4. The van der Waals surface area contributed by atoms with E-state index in [0.717, 1.165) is 50.9 Å². The summed E-state index contributed by atoms with van der Waals surface area (Å²) in [6, 6.07) is 8.34. The van der Waals surface area contributed by atoms with Crippen molar-refractivity contribution in [3.63, 3.8) is 0 Å². The van der Waals surface area contributed by atoms with E-state index in [9.17, 15) is 0 Å². The average Bonchev–Trinajstić information content (AvgIpc) is 3.18. The minimum Gasteiger partial charge on any atom is -0.497 e. The molecule has 1 unspecified atom stereocenters. The van der Waals surface area contributed by atoms with Crippen LogP contribution in [0.5, 0.6) is 5.75 Å². The monoisotopic (exact) mass is 516 g/mol. The molecule has 29 heavy (non-hydrogen) atoms. The Kier molecular flexibility index (Phi) is 9.82. The van der Waals surface area contributed by atoms with Crippen molar-refractivity contribution < 1.29 is 9.47 Å². The van der Waals surface area contributed by atoms with Gasteiger partial charge >= 0.3 is 0 Å². The third-order valence-corrected chi connectivity index (χ3v) is 6.37. The molecule has 1 saturated heterocycles. The second-order valence-electron chi connectivity index (χ2n) is 8.21. The maximum atomic E-state index is 5.36. The van der Waals surface area contributed by atoms with Gasteiger partial charge in [-0.3, -0.25) is 4.99 Å². The lowest BCUT2D eigenvalue weighted by Gasteiger charge is -2.42. The summed E-state index contributed by atoms with van der Waals surface area (Å²) in [5.74, 6) is 2.46. The van der Waals surface area contributed by atoms with Crippen LogP contribution in [-0.4, -0.2) is 60.0 Å². The summed E-state index contributed by atoms with van der Waals surface area (Å²) in [5.41, 5.74) is 1.64. The molecule has 1 aromatic rings. The van der Waals surface area contributed by atoms with Crippen LogP contribution < -0.4 is 20.3 Å². The van der Waals surface area contributed by atoms with E-state index in [1.54, 1.807) is 14.2 Å². The minimum absolute atomic E-state index is 0. The molecular weight excluding hydrogens is 479 g/mol. The first-order valence-corrected chi connectivity index (χ1v) is 10.5. The van der Waals surface area contributed by atoms with Crippen LogP contribution in [0.2, 0.25) is 0 Å². The van der Waals surface area contributed by atoms with E-state index in [0.29, 0.717) is 11.3 Å². The van der Waals surface area contributed by atoms with Crippen LogP contribution >= 0.6 is 24.0 Å². The summed E-state index contributed by atoms with van der Waals surface area (Å²) >= 11 is 0. The Balaban J connectivity index is 0.00000300. The van der Waals surface area contributed by atoms with Gasteiger partial charge in [0.25, 0.3) is 0 Å². The molecule has 2 aliphatic rings. The molecule has 0 spiro atoms. The zero-order chi connectivity index (χ0) is 19.8. The lowest BCUT2D eigenvalue weighted by Crippen LogP contribution is -2.47. The summed E-state index contributed by atoms with van der Waals surface area (Å²) in [7, 11) is 5.36.